The van der Waals surface area contributed by atoms with Crippen molar-refractivity contribution in [1.29, 1.82) is 0 Å². The molecular formula is C19H18N4O5S. The molecule has 29 heavy (non-hydrogen) atoms. The number of nitrogens with one attached hydrogen (secondary N) is 1. The number of nitro benzene ring substituents is 1. The van der Waals surface area contributed by atoms with Gasteiger partial charge in [-0.2, -0.15) is 4.98 Å². The highest BCUT2D eigenvalue weighted by Gasteiger charge is 2.11. The summed E-state index contributed by atoms with van der Waals surface area (Å²) < 4.78 is 10.3. The van der Waals surface area contributed by atoms with Crippen LogP contribution in [0, 0.1) is 10.1 Å². The van der Waals surface area contributed by atoms with Gasteiger partial charge in [-0.25, -0.2) is 0 Å². The molecule has 0 aliphatic heterocycles. The average molecular weight is 414 g/mol. The molecule has 1 heterocycles. The highest BCUT2D eigenvalue weighted by molar-refractivity contribution is 7.99. The highest BCUT2D eigenvalue weighted by atomic mass is 32.2. The molecule has 0 atom stereocenters. The van der Waals surface area contributed by atoms with Gasteiger partial charge in [-0.3, -0.25) is 14.9 Å². The second-order valence-electron chi connectivity index (χ2n) is 5.94. The van der Waals surface area contributed by atoms with Gasteiger partial charge < -0.3 is 14.6 Å². The topological polar surface area (TPSA) is 120 Å². The van der Waals surface area contributed by atoms with Gasteiger partial charge in [0.25, 0.3) is 5.69 Å². The van der Waals surface area contributed by atoms with Crippen LogP contribution in [0.25, 0.3) is 11.4 Å². The van der Waals surface area contributed by atoms with Gasteiger partial charge in [-0.05, 0) is 17.7 Å². The molecule has 3 aromatic rings. The van der Waals surface area contributed by atoms with E-state index in [9.17, 15) is 14.9 Å². The summed E-state index contributed by atoms with van der Waals surface area (Å²) in [6, 6.07) is 13.5. The van der Waals surface area contributed by atoms with E-state index in [1.807, 2.05) is 18.2 Å². The summed E-state index contributed by atoms with van der Waals surface area (Å²) >= 11 is 1.41. The van der Waals surface area contributed by atoms with Crippen LogP contribution in [0.2, 0.25) is 0 Å². The lowest BCUT2D eigenvalue weighted by Crippen LogP contribution is -2.24. The Balaban J connectivity index is 1.43. The summed E-state index contributed by atoms with van der Waals surface area (Å²) in [7, 11) is 1.58. The molecule has 0 aliphatic carbocycles. The number of amides is 1. The first kappa shape index (κ1) is 20.3. The van der Waals surface area contributed by atoms with Crippen LogP contribution < -0.4 is 10.1 Å². The normalized spacial score (nSPS) is 10.5. The SMILES string of the molecule is COc1cccc(-c2noc(CNC(=O)CSCc3ccc([N+](=O)[O-])cc3)n2)c1. The molecule has 0 saturated carbocycles. The van der Waals surface area contributed by atoms with E-state index in [0.29, 0.717) is 23.2 Å². The van der Waals surface area contributed by atoms with Crippen molar-refractivity contribution in [2.24, 2.45) is 0 Å². The van der Waals surface area contributed by atoms with E-state index in [4.69, 9.17) is 9.26 Å². The van der Waals surface area contributed by atoms with Crippen molar-refractivity contribution in [2.45, 2.75) is 12.3 Å². The smallest absolute Gasteiger partial charge is 0.269 e. The monoisotopic (exact) mass is 414 g/mol. The molecule has 150 valence electrons. The highest BCUT2D eigenvalue weighted by Crippen LogP contribution is 2.21. The van der Waals surface area contributed by atoms with Gasteiger partial charge in [-0.15, -0.1) is 11.8 Å². The molecule has 3 rings (SSSR count). The number of hydrogen-bond donors (Lipinski definition) is 1. The molecule has 0 unspecified atom stereocenters. The Morgan fingerprint density at radius 3 is 2.79 bits per heavy atom. The Bertz CT molecular complexity index is 990. The van der Waals surface area contributed by atoms with Gasteiger partial charge in [0.15, 0.2) is 0 Å². The molecule has 0 bridgehead atoms. The quantitative estimate of drug-likeness (QED) is 0.419. The second-order valence-corrected chi connectivity index (χ2v) is 6.92. The summed E-state index contributed by atoms with van der Waals surface area (Å²) in [6.45, 7) is 0.133. The molecule has 0 aliphatic rings. The van der Waals surface area contributed by atoms with E-state index >= 15 is 0 Å². The number of carbonyl (C=O) groups excluding carboxylic acids is 1. The lowest BCUT2D eigenvalue weighted by Gasteiger charge is -2.03. The molecule has 0 radical (unpaired) electrons. The predicted octanol–water partition coefficient (Wildman–Crippen LogP) is 3.20. The lowest BCUT2D eigenvalue weighted by molar-refractivity contribution is -0.384. The van der Waals surface area contributed by atoms with Crippen molar-refractivity contribution in [3.8, 4) is 17.1 Å². The molecule has 0 saturated heterocycles. The van der Waals surface area contributed by atoms with Crippen LogP contribution in [0.1, 0.15) is 11.5 Å². The standard InChI is InChI=1S/C19H18N4O5S/c1-27-16-4-2-3-14(9-16)19-21-18(28-22-19)10-20-17(24)12-29-11-13-5-7-15(8-6-13)23(25)26/h2-9H,10-12H2,1H3,(H,20,24). The number of ether oxygens (including phenoxy) is 1. The molecule has 10 heteroatoms. The minimum absolute atomic E-state index is 0.0457. The Morgan fingerprint density at radius 1 is 1.28 bits per heavy atom. The number of nitrogens with zero attached hydrogens (tertiary/aromatic N) is 3. The predicted molar refractivity (Wildman–Crippen MR) is 107 cm³/mol. The van der Waals surface area contributed by atoms with Crippen LogP contribution in [0.4, 0.5) is 5.69 Å². The number of carbonyl (C=O) groups is 1. The van der Waals surface area contributed by atoms with Crippen molar-refractivity contribution in [2.75, 3.05) is 12.9 Å². The zero-order chi connectivity index (χ0) is 20.6. The van der Waals surface area contributed by atoms with E-state index in [1.165, 1.54) is 23.9 Å². The fourth-order valence-electron chi connectivity index (χ4n) is 2.41. The molecule has 2 aromatic carbocycles. The van der Waals surface area contributed by atoms with Crippen molar-refractivity contribution in [3.05, 3.63) is 70.1 Å². The van der Waals surface area contributed by atoms with Crippen LogP contribution in [0.15, 0.2) is 53.1 Å². The van der Waals surface area contributed by atoms with E-state index in [1.54, 1.807) is 25.3 Å². The number of hydrogen-bond acceptors (Lipinski definition) is 8. The zero-order valence-electron chi connectivity index (χ0n) is 15.5. The van der Waals surface area contributed by atoms with Crippen LogP contribution in [-0.4, -0.2) is 33.8 Å². The van der Waals surface area contributed by atoms with Crippen LogP contribution in [0.5, 0.6) is 5.75 Å². The first-order chi connectivity index (χ1) is 14.0. The Labute approximate surface area is 170 Å². The van der Waals surface area contributed by atoms with E-state index in [0.717, 1.165) is 11.1 Å². The number of aromatic nitrogens is 2. The largest absolute Gasteiger partial charge is 0.497 e. The van der Waals surface area contributed by atoms with E-state index in [-0.39, 0.29) is 23.9 Å². The van der Waals surface area contributed by atoms with E-state index in [2.05, 4.69) is 15.5 Å². The fourth-order valence-corrected chi connectivity index (χ4v) is 3.22. The van der Waals surface area contributed by atoms with Gasteiger partial charge in [0.2, 0.25) is 17.6 Å². The number of thioether (sulfide) groups is 1. The van der Waals surface area contributed by atoms with Gasteiger partial charge >= 0.3 is 0 Å². The molecule has 0 spiro atoms. The molecule has 1 amide bonds. The number of rotatable bonds is 9. The van der Waals surface area contributed by atoms with Crippen LogP contribution >= 0.6 is 11.8 Å². The third-order valence-corrected chi connectivity index (χ3v) is 4.89. The van der Waals surface area contributed by atoms with Crippen molar-refractivity contribution < 1.29 is 19.0 Å². The number of nitro groups is 1. The number of methoxy groups -OCH3 is 1. The van der Waals surface area contributed by atoms with Crippen LogP contribution in [0.3, 0.4) is 0 Å². The van der Waals surface area contributed by atoms with E-state index < -0.39 is 4.92 Å². The first-order valence-electron chi connectivity index (χ1n) is 8.60. The first-order valence-corrected chi connectivity index (χ1v) is 9.75. The summed E-state index contributed by atoms with van der Waals surface area (Å²) in [6.07, 6.45) is 0. The molecule has 1 N–H and O–H groups in total. The summed E-state index contributed by atoms with van der Waals surface area (Å²) in [5, 5.41) is 17.3. The molecular weight excluding hydrogens is 396 g/mol. The van der Waals surface area contributed by atoms with Gasteiger partial charge in [0.1, 0.15) is 5.75 Å². The summed E-state index contributed by atoms with van der Waals surface area (Å²) in [5.74, 6) is 2.06. The molecule has 0 fully saturated rings. The zero-order valence-corrected chi connectivity index (χ0v) is 16.3. The average Bonchev–Trinajstić information content (AvgIpc) is 3.22. The van der Waals surface area contributed by atoms with Crippen molar-refractivity contribution >= 4 is 23.4 Å². The minimum atomic E-state index is -0.443. The second kappa shape index (κ2) is 9.69. The fraction of sp³-hybridized carbons (Fsp3) is 0.211. The Hall–Kier alpha value is -3.40. The number of non-ortho nitro benzene ring substituents is 1. The van der Waals surface area contributed by atoms with Gasteiger partial charge in [-0.1, -0.05) is 29.4 Å². The third-order valence-electron chi connectivity index (χ3n) is 3.88. The summed E-state index contributed by atoms with van der Waals surface area (Å²) in [4.78, 5) is 26.4. The lowest BCUT2D eigenvalue weighted by atomic mass is 10.2. The maximum Gasteiger partial charge on any atom is 0.269 e. The van der Waals surface area contributed by atoms with Gasteiger partial charge in [0, 0.05) is 23.4 Å². The number of benzene rings is 2. The maximum absolute atomic E-state index is 12.0. The third kappa shape index (κ3) is 5.79. The molecule has 9 nitrogen and oxygen atoms in total. The minimum Gasteiger partial charge on any atom is -0.497 e. The van der Waals surface area contributed by atoms with Gasteiger partial charge in [0.05, 0.1) is 24.3 Å². The summed E-state index contributed by atoms with van der Waals surface area (Å²) in [5.41, 5.74) is 1.71. The Morgan fingerprint density at radius 2 is 2.07 bits per heavy atom. The Kier molecular flexibility index (Phi) is 6.80. The van der Waals surface area contributed by atoms with Crippen molar-refractivity contribution in [3.63, 3.8) is 0 Å². The maximum atomic E-state index is 12.0. The van der Waals surface area contributed by atoms with Crippen LogP contribution in [-0.2, 0) is 17.1 Å². The molecule has 1 aromatic heterocycles. The van der Waals surface area contributed by atoms with Crippen molar-refractivity contribution in [1.82, 2.24) is 15.5 Å².